The summed E-state index contributed by atoms with van der Waals surface area (Å²) in [7, 11) is 0. The van der Waals surface area contributed by atoms with Crippen molar-refractivity contribution < 1.29 is 54.6 Å². The highest BCUT2D eigenvalue weighted by Gasteiger charge is 2.42. The molecule has 2 heterocycles. The molecule has 0 radical (unpaired) electrons. The number of aromatic nitrogens is 1. The summed E-state index contributed by atoms with van der Waals surface area (Å²) >= 11 is 0. The fourth-order valence-electron chi connectivity index (χ4n) is 3.84. The second-order valence-electron chi connectivity index (χ2n) is 8.39. The van der Waals surface area contributed by atoms with E-state index in [1.807, 2.05) is 0 Å². The van der Waals surface area contributed by atoms with Crippen molar-refractivity contribution in [1.82, 2.24) is 9.88 Å². The van der Waals surface area contributed by atoms with Crippen molar-refractivity contribution >= 4 is 17.7 Å². The van der Waals surface area contributed by atoms with Gasteiger partial charge >= 0.3 is 18.6 Å². The molecule has 0 bridgehead atoms. The van der Waals surface area contributed by atoms with E-state index < -0.39 is 53.2 Å². The second kappa shape index (κ2) is 11.4. The zero-order valence-corrected chi connectivity index (χ0v) is 20.6. The van der Waals surface area contributed by atoms with Crippen LogP contribution in [0.4, 0.5) is 36.8 Å². The second-order valence-corrected chi connectivity index (χ2v) is 8.39. The zero-order chi connectivity index (χ0) is 29.1. The largest absolute Gasteiger partial charge is 0.573 e. The minimum atomic E-state index is -5.19. The Balaban J connectivity index is 1.49. The molecule has 9 nitrogen and oxygen atoms in total. The molecule has 2 amide bonds. The third-order valence-electron chi connectivity index (χ3n) is 5.53. The van der Waals surface area contributed by atoms with E-state index in [1.54, 1.807) is 6.92 Å². The molecule has 1 atom stereocenters. The number of ether oxygens (including phenoxy) is 3. The van der Waals surface area contributed by atoms with Crippen molar-refractivity contribution in [3.8, 4) is 23.0 Å². The smallest absolute Gasteiger partial charge is 0.489 e. The van der Waals surface area contributed by atoms with Gasteiger partial charge in [-0.25, -0.2) is 9.78 Å². The van der Waals surface area contributed by atoms with Crippen LogP contribution in [0.15, 0.2) is 52.9 Å². The van der Waals surface area contributed by atoms with Gasteiger partial charge in [-0.05, 0) is 43.3 Å². The Hall–Kier alpha value is -4.43. The van der Waals surface area contributed by atoms with Crippen LogP contribution in [-0.4, -0.2) is 54.0 Å². The van der Waals surface area contributed by atoms with E-state index in [1.165, 1.54) is 41.3 Å². The number of alkyl halides is 6. The number of amides is 2. The van der Waals surface area contributed by atoms with Gasteiger partial charge in [0, 0.05) is 18.7 Å². The SMILES string of the molecule is CCOC(=O)N1CC[C@H](Oc2ccc(NC(=O)c3nc(-c4ccccc4OC(F)(F)F)oc3C(F)(F)F)cc2)C1. The summed E-state index contributed by atoms with van der Waals surface area (Å²) in [5.41, 5.74) is -1.65. The van der Waals surface area contributed by atoms with Crippen molar-refractivity contribution in [2.75, 3.05) is 25.0 Å². The third kappa shape index (κ3) is 6.95. The summed E-state index contributed by atoms with van der Waals surface area (Å²) in [5.74, 6) is -4.48. The van der Waals surface area contributed by atoms with Gasteiger partial charge in [0.15, 0.2) is 5.69 Å². The maximum absolute atomic E-state index is 13.6. The first-order chi connectivity index (χ1) is 18.8. The molecule has 1 aliphatic rings. The molecule has 0 saturated carbocycles. The minimum Gasteiger partial charge on any atom is -0.489 e. The van der Waals surface area contributed by atoms with Crippen molar-refractivity contribution in [1.29, 1.82) is 0 Å². The van der Waals surface area contributed by atoms with E-state index in [0.29, 0.717) is 25.3 Å². The molecule has 1 aromatic heterocycles. The summed E-state index contributed by atoms with van der Waals surface area (Å²) in [6.07, 6.45) is -10.5. The molecule has 1 N–H and O–H groups in total. The fourth-order valence-corrected chi connectivity index (χ4v) is 3.84. The molecule has 4 rings (SSSR count). The van der Waals surface area contributed by atoms with Crippen molar-refractivity contribution in [3.63, 3.8) is 0 Å². The van der Waals surface area contributed by atoms with Gasteiger partial charge in [-0.1, -0.05) is 12.1 Å². The number of likely N-dealkylation sites (tertiary alicyclic amines) is 1. The number of oxazole rings is 1. The molecule has 0 spiro atoms. The third-order valence-corrected chi connectivity index (χ3v) is 5.53. The Bertz CT molecular complexity index is 1360. The number of nitrogens with one attached hydrogen (secondary N) is 1. The summed E-state index contributed by atoms with van der Waals surface area (Å²) in [6.45, 7) is 2.70. The maximum atomic E-state index is 13.6. The first-order valence-corrected chi connectivity index (χ1v) is 11.8. The number of halogens is 6. The number of carbonyl (C=O) groups excluding carboxylic acids is 2. The van der Waals surface area contributed by atoms with Crippen LogP contribution in [0.2, 0.25) is 0 Å². The lowest BCUT2D eigenvalue weighted by Gasteiger charge is -2.16. The van der Waals surface area contributed by atoms with Gasteiger partial charge in [0.25, 0.3) is 5.91 Å². The molecule has 40 heavy (non-hydrogen) atoms. The summed E-state index contributed by atoms with van der Waals surface area (Å²) in [6, 6.07) is 9.94. The van der Waals surface area contributed by atoms with E-state index in [-0.39, 0.29) is 18.4 Å². The zero-order valence-electron chi connectivity index (χ0n) is 20.6. The van der Waals surface area contributed by atoms with Crippen molar-refractivity contribution in [2.24, 2.45) is 0 Å². The monoisotopic (exact) mass is 573 g/mol. The Labute approximate surface area is 222 Å². The molecule has 0 unspecified atom stereocenters. The van der Waals surface area contributed by atoms with Crippen LogP contribution in [0.3, 0.4) is 0 Å². The molecular weight excluding hydrogens is 552 g/mol. The Morgan fingerprint density at radius 3 is 2.42 bits per heavy atom. The van der Waals surface area contributed by atoms with Gasteiger partial charge in [0.05, 0.1) is 18.7 Å². The first-order valence-electron chi connectivity index (χ1n) is 11.8. The molecule has 3 aromatic rings. The van der Waals surface area contributed by atoms with Gasteiger partial charge < -0.3 is 28.8 Å². The molecule has 1 saturated heterocycles. The topological polar surface area (TPSA) is 103 Å². The highest BCUT2D eigenvalue weighted by molar-refractivity contribution is 6.04. The maximum Gasteiger partial charge on any atom is 0.573 e. The van der Waals surface area contributed by atoms with Crippen LogP contribution in [-0.2, 0) is 10.9 Å². The van der Waals surface area contributed by atoms with Gasteiger partial charge in [0.1, 0.15) is 17.6 Å². The number of carbonyl (C=O) groups is 2. The molecular formula is C25H21F6N3O6. The predicted molar refractivity (Wildman–Crippen MR) is 126 cm³/mol. The molecule has 15 heteroatoms. The number of para-hydroxylation sites is 1. The number of benzene rings is 2. The van der Waals surface area contributed by atoms with E-state index in [9.17, 15) is 35.9 Å². The summed E-state index contributed by atoms with van der Waals surface area (Å²) in [5, 5.41) is 2.25. The summed E-state index contributed by atoms with van der Waals surface area (Å²) in [4.78, 5) is 29.6. The standard InChI is InChI=1S/C25H21F6N3O6/c1-2-37-23(36)34-12-11-16(13-34)38-15-9-7-14(8-10-15)32-21(35)19-20(24(26,27)28)39-22(33-19)17-5-3-4-6-18(17)40-25(29,30)31/h3-10,16H,2,11-13H2,1H3,(H,32,35)/t16-/m0/s1. The van der Waals surface area contributed by atoms with Gasteiger partial charge in [-0.15, -0.1) is 13.2 Å². The predicted octanol–water partition coefficient (Wildman–Crippen LogP) is 6.12. The normalized spacial score (nSPS) is 15.6. The molecule has 2 aromatic carbocycles. The Kier molecular flexibility index (Phi) is 8.11. The molecule has 1 fully saturated rings. The van der Waals surface area contributed by atoms with Crippen LogP contribution in [0.25, 0.3) is 11.5 Å². The van der Waals surface area contributed by atoms with Gasteiger partial charge in [-0.2, -0.15) is 13.2 Å². The number of rotatable bonds is 7. The van der Waals surface area contributed by atoms with Crippen LogP contribution in [0.1, 0.15) is 29.6 Å². The van der Waals surface area contributed by atoms with Crippen LogP contribution >= 0.6 is 0 Å². The van der Waals surface area contributed by atoms with Gasteiger partial charge in [0.2, 0.25) is 11.7 Å². The number of hydrogen-bond donors (Lipinski definition) is 1. The lowest BCUT2D eigenvalue weighted by atomic mass is 10.2. The molecule has 0 aliphatic carbocycles. The fraction of sp³-hybridized carbons (Fsp3) is 0.320. The number of nitrogens with zero attached hydrogens (tertiary/aromatic N) is 2. The average Bonchev–Trinajstić information content (AvgIpc) is 3.53. The number of hydrogen-bond acceptors (Lipinski definition) is 7. The Morgan fingerprint density at radius 2 is 1.77 bits per heavy atom. The quantitative estimate of drug-likeness (QED) is 0.340. The average molecular weight is 573 g/mol. The highest BCUT2D eigenvalue weighted by Crippen LogP contribution is 2.39. The minimum absolute atomic E-state index is 0.0791. The lowest BCUT2D eigenvalue weighted by Crippen LogP contribution is -2.31. The summed E-state index contributed by atoms with van der Waals surface area (Å²) < 4.78 is 98.5. The van der Waals surface area contributed by atoms with E-state index >= 15 is 0 Å². The van der Waals surface area contributed by atoms with E-state index in [2.05, 4.69) is 15.0 Å². The van der Waals surface area contributed by atoms with Crippen molar-refractivity contribution in [2.45, 2.75) is 32.0 Å². The molecule has 1 aliphatic heterocycles. The lowest BCUT2D eigenvalue weighted by molar-refractivity contribution is -0.274. The van der Waals surface area contributed by atoms with E-state index in [4.69, 9.17) is 13.9 Å². The van der Waals surface area contributed by atoms with Crippen LogP contribution < -0.4 is 14.8 Å². The van der Waals surface area contributed by atoms with Gasteiger partial charge in [-0.3, -0.25) is 4.79 Å². The van der Waals surface area contributed by atoms with Crippen molar-refractivity contribution in [3.05, 3.63) is 60.0 Å². The van der Waals surface area contributed by atoms with Crippen LogP contribution in [0, 0.1) is 0 Å². The highest BCUT2D eigenvalue weighted by atomic mass is 19.4. The number of anilines is 1. The van der Waals surface area contributed by atoms with Crippen LogP contribution in [0.5, 0.6) is 11.5 Å². The Morgan fingerprint density at radius 1 is 1.07 bits per heavy atom. The first kappa shape index (κ1) is 28.6. The molecule has 214 valence electrons. The van der Waals surface area contributed by atoms with E-state index in [0.717, 1.165) is 12.1 Å².